The van der Waals surface area contributed by atoms with Gasteiger partial charge >= 0.3 is 12.1 Å². The topological polar surface area (TPSA) is 93.9 Å². The van der Waals surface area contributed by atoms with Gasteiger partial charge in [0, 0.05) is 29.6 Å². The van der Waals surface area contributed by atoms with Crippen LogP contribution in [0.3, 0.4) is 0 Å². The van der Waals surface area contributed by atoms with Crippen LogP contribution in [0.15, 0.2) is 61.2 Å². The van der Waals surface area contributed by atoms with Crippen molar-refractivity contribution in [2.45, 2.75) is 130 Å². The molecule has 1 amide bonds. The Labute approximate surface area is 321 Å². The minimum atomic E-state index is -5.64. The Balaban J connectivity index is 0.000000903. The number of carbonyl (C=O) groups excluding carboxylic acids is 1. The first-order valence-corrected chi connectivity index (χ1v) is 19.6. The van der Waals surface area contributed by atoms with E-state index in [1.807, 2.05) is 58.9 Å². The maximum atomic E-state index is 13.0. The van der Waals surface area contributed by atoms with Crippen molar-refractivity contribution in [3.63, 3.8) is 0 Å². The number of halogens is 5. The molecule has 0 unspecified atom stereocenters. The van der Waals surface area contributed by atoms with Gasteiger partial charge in [-0.15, -0.1) is 0 Å². The Morgan fingerprint density at radius 1 is 0.796 bits per heavy atom. The van der Waals surface area contributed by atoms with E-state index in [9.17, 15) is 35.2 Å². The number of unbranched alkanes of at least 4 members (excludes halogenated alkanes) is 1. The number of hydrogen-bond donors (Lipinski definition) is 1. The number of hydrogen-bond acceptors (Lipinski definition) is 7. The third-order valence-corrected chi connectivity index (χ3v) is 8.04. The Bertz CT molecular complexity index is 1520. The predicted octanol–water partition coefficient (Wildman–Crippen LogP) is 9.72. The van der Waals surface area contributed by atoms with Gasteiger partial charge in [-0.05, 0) is 110 Å². The molecule has 8 nitrogen and oxygen atoms in total. The highest BCUT2D eigenvalue weighted by molar-refractivity contribution is 7.86. The van der Waals surface area contributed by atoms with E-state index in [2.05, 4.69) is 53.4 Å². The molecule has 54 heavy (non-hydrogen) atoms. The van der Waals surface area contributed by atoms with Crippen LogP contribution >= 0.6 is 0 Å². The van der Waals surface area contributed by atoms with E-state index in [0.717, 1.165) is 36.0 Å². The van der Waals surface area contributed by atoms with Crippen LogP contribution in [0.2, 0.25) is 0 Å². The lowest BCUT2D eigenvalue weighted by molar-refractivity contribution is -0.290. The van der Waals surface area contributed by atoms with Crippen LogP contribution in [0, 0.1) is 0 Å². The van der Waals surface area contributed by atoms with Crippen molar-refractivity contribution in [3.8, 4) is 11.5 Å². The largest absolute Gasteiger partial charge is 0.494 e. The molecule has 0 aliphatic carbocycles. The van der Waals surface area contributed by atoms with Crippen molar-refractivity contribution in [2.24, 2.45) is 0 Å². The van der Waals surface area contributed by atoms with Crippen molar-refractivity contribution in [3.05, 3.63) is 72.3 Å². The molecule has 0 bridgehead atoms. The summed E-state index contributed by atoms with van der Waals surface area (Å²) >= 11 is 0. The molecule has 3 rings (SSSR count). The van der Waals surface area contributed by atoms with Gasteiger partial charge in [0.25, 0.3) is 10.1 Å². The zero-order chi connectivity index (χ0) is 42.4. The fourth-order valence-electron chi connectivity index (χ4n) is 4.29. The molecule has 2 aromatic rings. The lowest BCUT2D eigenvalue weighted by Gasteiger charge is -2.26. The fourth-order valence-corrected chi connectivity index (χ4v) is 5.20. The van der Waals surface area contributed by atoms with Crippen LogP contribution in [0.25, 0.3) is 0 Å². The van der Waals surface area contributed by atoms with Gasteiger partial charge in [0.05, 0.1) is 18.5 Å². The van der Waals surface area contributed by atoms with E-state index in [0.29, 0.717) is 12.1 Å². The van der Waals surface area contributed by atoms with Gasteiger partial charge in [-0.1, -0.05) is 58.0 Å². The molecule has 14 heteroatoms. The monoisotopic (exact) mass is 794 g/mol. The zero-order valence-electron chi connectivity index (χ0n) is 34.3. The first kappa shape index (κ1) is 50.8. The summed E-state index contributed by atoms with van der Waals surface area (Å²) in [6, 6.07) is 13.8. The van der Waals surface area contributed by atoms with E-state index in [1.165, 1.54) is 31.3 Å². The number of amides is 1. The fraction of sp³-hybridized carbons (Fsp3) is 0.625. The zero-order valence-corrected chi connectivity index (χ0v) is 35.2. The summed E-state index contributed by atoms with van der Waals surface area (Å²) in [7, 11) is -3.28. The summed E-state index contributed by atoms with van der Waals surface area (Å²) in [5.41, 5.74) is 1.17. The van der Waals surface area contributed by atoms with E-state index in [4.69, 9.17) is 4.74 Å². The third kappa shape index (κ3) is 22.2. The van der Waals surface area contributed by atoms with Crippen LogP contribution in [0.4, 0.5) is 22.0 Å². The van der Waals surface area contributed by atoms with Crippen molar-refractivity contribution in [2.75, 3.05) is 32.6 Å². The molecule has 1 aliphatic rings. The molecular weight excluding hydrogens is 732 g/mol. The van der Waals surface area contributed by atoms with Crippen LogP contribution in [0.1, 0.15) is 107 Å². The Kier molecular flexibility index (Phi) is 19.4. The third-order valence-electron chi connectivity index (χ3n) is 7.23. The number of alkyl halides is 5. The molecule has 1 aliphatic heterocycles. The number of rotatable bonds is 11. The number of nitrogens with one attached hydrogen (secondary N) is 1. The summed E-state index contributed by atoms with van der Waals surface area (Å²) in [5.74, 6) is -4.28. The van der Waals surface area contributed by atoms with Gasteiger partial charge in [-0.25, -0.2) is 0 Å². The van der Waals surface area contributed by atoms with Crippen molar-refractivity contribution >= 4 is 16.0 Å². The van der Waals surface area contributed by atoms with E-state index >= 15 is 0 Å². The molecule has 2 aromatic carbocycles. The van der Waals surface area contributed by atoms with Gasteiger partial charge in [0.15, 0.2) is 6.61 Å². The molecule has 1 N–H and O–H groups in total. The number of nitrogens with zero attached hydrogens (tertiary/aromatic N) is 1. The lowest BCUT2D eigenvalue weighted by atomic mass is 9.78. The number of ether oxygens (including phenoxy) is 2. The Hall–Kier alpha value is -3.23. The van der Waals surface area contributed by atoms with Crippen LogP contribution in [0.5, 0.6) is 11.5 Å². The maximum Gasteiger partial charge on any atom is 0.456 e. The normalized spacial score (nSPS) is 13.8. The minimum Gasteiger partial charge on any atom is -0.494 e. The van der Waals surface area contributed by atoms with Gasteiger partial charge < -0.3 is 14.8 Å². The van der Waals surface area contributed by atoms with Crippen molar-refractivity contribution < 1.29 is 48.8 Å². The maximum absolute atomic E-state index is 13.0. The van der Waals surface area contributed by atoms with Gasteiger partial charge in [0.2, 0.25) is 5.91 Å². The Morgan fingerprint density at radius 2 is 1.22 bits per heavy atom. The van der Waals surface area contributed by atoms with E-state index in [-0.39, 0.29) is 17.2 Å². The standard InChI is InChI=1S/C22H25F5O2.C7H13NO.C6H13N.C5H12O3S/c1-4-5-14-28-18-10-6-16(7-11-18)20(2,3)17-8-12-19(13-9-17)29-15-21(23,24)22(25,26)27;1-5-6(9)8-7(2,3)4;1-6(2,3)7-4-5-7;1-5(2,3)8-9(4,6)7/h6-13H,4-5,14-15H2,1-3H3;5H,1H2,2-4H3,(H,8,9);4-5H2,1-3H3;1-4H3. The summed E-state index contributed by atoms with van der Waals surface area (Å²) in [6.07, 6.45) is -1.29. The van der Waals surface area contributed by atoms with Crippen molar-refractivity contribution in [1.82, 2.24) is 10.2 Å². The molecule has 1 fully saturated rings. The quantitative estimate of drug-likeness (QED) is 0.0796. The highest BCUT2D eigenvalue weighted by Gasteiger charge is 2.58. The second-order valence-corrected chi connectivity index (χ2v) is 17.9. The lowest BCUT2D eigenvalue weighted by Crippen LogP contribution is -2.41. The molecule has 0 aromatic heterocycles. The van der Waals surface area contributed by atoms with E-state index < -0.39 is 39.8 Å². The molecule has 0 atom stereocenters. The molecule has 0 spiro atoms. The van der Waals surface area contributed by atoms with Gasteiger partial charge in [-0.3, -0.25) is 13.9 Å². The second-order valence-electron chi connectivity index (χ2n) is 16.4. The predicted molar refractivity (Wildman–Crippen MR) is 207 cm³/mol. The summed E-state index contributed by atoms with van der Waals surface area (Å²) in [6.45, 7) is 28.5. The average Bonchev–Trinajstić information content (AvgIpc) is 3.85. The summed E-state index contributed by atoms with van der Waals surface area (Å²) in [5, 5.41) is 2.71. The van der Waals surface area contributed by atoms with Crippen LogP contribution in [-0.2, 0) is 24.5 Å². The highest BCUT2D eigenvalue weighted by Crippen LogP contribution is 2.37. The SMILES string of the molecule is C=CC(=O)NC(C)(C)C.CC(C)(C)N1CC1.CC(C)(C)OS(C)(=O)=O.CCCCOc1ccc(C(C)(C)c2ccc(OCC(F)(F)C(F)(F)F)cc2)cc1. The van der Waals surface area contributed by atoms with Crippen LogP contribution in [-0.4, -0.2) is 80.6 Å². The second kappa shape index (κ2) is 20.6. The van der Waals surface area contributed by atoms with Crippen LogP contribution < -0.4 is 14.8 Å². The molecule has 0 radical (unpaired) electrons. The summed E-state index contributed by atoms with van der Waals surface area (Å²) in [4.78, 5) is 13.0. The number of benzene rings is 2. The summed E-state index contributed by atoms with van der Waals surface area (Å²) < 4.78 is 98.4. The molecule has 1 heterocycles. The Morgan fingerprint density at radius 3 is 1.46 bits per heavy atom. The number of carbonyl (C=O) groups is 1. The van der Waals surface area contributed by atoms with Crippen molar-refractivity contribution in [1.29, 1.82) is 0 Å². The first-order valence-electron chi connectivity index (χ1n) is 17.8. The minimum absolute atomic E-state index is 0.0480. The van der Waals surface area contributed by atoms with Gasteiger partial charge in [0.1, 0.15) is 11.5 Å². The highest BCUT2D eigenvalue weighted by atomic mass is 32.2. The molecule has 1 saturated heterocycles. The molecule has 0 saturated carbocycles. The smallest absolute Gasteiger partial charge is 0.456 e. The average molecular weight is 795 g/mol. The van der Waals surface area contributed by atoms with E-state index in [1.54, 1.807) is 32.9 Å². The molecular formula is C40H63F5N2O6S. The van der Waals surface area contributed by atoms with Gasteiger partial charge in [-0.2, -0.15) is 30.4 Å². The first-order chi connectivity index (χ1) is 24.2. The molecule has 310 valence electrons.